The van der Waals surface area contributed by atoms with E-state index >= 15 is 0 Å². The van der Waals surface area contributed by atoms with E-state index in [-0.39, 0.29) is 30.4 Å². The molecule has 1 aromatic heterocycles. The molecule has 2 atom stereocenters. The molecule has 0 unspecified atom stereocenters. The fourth-order valence-electron chi connectivity index (χ4n) is 3.29. The standard InChI is InChI=1S/C17H27N3O4/c1-3-4-12-9-20(11-14(12)19-17(23)5-6-21)10-13-7-15(22)16(24-2)8-18-13/h7-8,12,14,21H,3-6,9-11H2,1-2H3,(H,18,22)(H,19,23)/t12-,14-/m0/s1. The first-order chi connectivity index (χ1) is 11.6. The van der Waals surface area contributed by atoms with Crippen molar-refractivity contribution in [3.63, 3.8) is 0 Å². The zero-order chi connectivity index (χ0) is 17.5. The Labute approximate surface area is 142 Å². The quantitative estimate of drug-likeness (QED) is 0.641. The lowest BCUT2D eigenvalue weighted by Gasteiger charge is -2.19. The highest BCUT2D eigenvalue weighted by Gasteiger charge is 2.33. The van der Waals surface area contributed by atoms with Crippen LogP contribution in [0.15, 0.2) is 17.1 Å². The van der Waals surface area contributed by atoms with Crippen LogP contribution < -0.4 is 15.5 Å². The number of likely N-dealkylation sites (tertiary alicyclic amines) is 1. The molecule has 1 fully saturated rings. The largest absolute Gasteiger partial charge is 0.491 e. The average molecular weight is 337 g/mol. The summed E-state index contributed by atoms with van der Waals surface area (Å²) >= 11 is 0. The van der Waals surface area contributed by atoms with Gasteiger partial charge in [0.2, 0.25) is 11.3 Å². The van der Waals surface area contributed by atoms with Crippen LogP contribution in [0, 0.1) is 5.92 Å². The second-order valence-corrected chi connectivity index (χ2v) is 6.28. The van der Waals surface area contributed by atoms with Gasteiger partial charge in [0.05, 0.1) is 13.7 Å². The number of amides is 1. The number of rotatable bonds is 8. The molecule has 3 N–H and O–H groups in total. The van der Waals surface area contributed by atoms with E-state index < -0.39 is 0 Å². The first-order valence-corrected chi connectivity index (χ1v) is 8.45. The number of aromatic amines is 1. The Kier molecular flexibility index (Phi) is 6.81. The van der Waals surface area contributed by atoms with Crippen LogP contribution in [0.1, 0.15) is 31.9 Å². The van der Waals surface area contributed by atoms with E-state index in [0.717, 1.165) is 31.6 Å². The van der Waals surface area contributed by atoms with E-state index in [0.29, 0.717) is 18.2 Å². The van der Waals surface area contributed by atoms with Gasteiger partial charge < -0.3 is 20.1 Å². The second kappa shape index (κ2) is 8.84. The monoisotopic (exact) mass is 337 g/mol. The van der Waals surface area contributed by atoms with Gasteiger partial charge in [0.25, 0.3) is 0 Å². The third-order valence-electron chi connectivity index (χ3n) is 4.41. The van der Waals surface area contributed by atoms with Crippen molar-refractivity contribution in [1.29, 1.82) is 0 Å². The smallest absolute Gasteiger partial charge is 0.223 e. The number of aromatic nitrogens is 1. The minimum Gasteiger partial charge on any atom is -0.491 e. The molecule has 1 aromatic rings. The second-order valence-electron chi connectivity index (χ2n) is 6.28. The van der Waals surface area contributed by atoms with Crippen molar-refractivity contribution in [1.82, 2.24) is 15.2 Å². The lowest BCUT2D eigenvalue weighted by molar-refractivity contribution is -0.122. The molecule has 1 aliphatic rings. The van der Waals surface area contributed by atoms with Gasteiger partial charge in [-0.25, -0.2) is 0 Å². The van der Waals surface area contributed by atoms with Crippen LogP contribution in [0.5, 0.6) is 5.75 Å². The van der Waals surface area contributed by atoms with Gasteiger partial charge in [-0.05, 0) is 12.3 Å². The molecule has 0 spiro atoms. The molecule has 0 aromatic carbocycles. The number of carbonyl (C=O) groups excluding carboxylic acids is 1. The molecular formula is C17H27N3O4. The van der Waals surface area contributed by atoms with Crippen molar-refractivity contribution >= 4 is 5.91 Å². The molecule has 2 rings (SSSR count). The lowest BCUT2D eigenvalue weighted by Crippen LogP contribution is -2.40. The van der Waals surface area contributed by atoms with Crippen LogP contribution in [-0.4, -0.2) is 53.7 Å². The Morgan fingerprint density at radius 3 is 2.92 bits per heavy atom. The van der Waals surface area contributed by atoms with Gasteiger partial charge >= 0.3 is 0 Å². The van der Waals surface area contributed by atoms with Crippen molar-refractivity contribution in [2.45, 2.75) is 38.8 Å². The maximum atomic E-state index is 11.8. The van der Waals surface area contributed by atoms with E-state index in [1.165, 1.54) is 7.11 Å². The molecule has 1 amide bonds. The van der Waals surface area contributed by atoms with Crippen molar-refractivity contribution < 1.29 is 14.6 Å². The predicted molar refractivity (Wildman–Crippen MR) is 90.9 cm³/mol. The van der Waals surface area contributed by atoms with E-state index in [4.69, 9.17) is 9.84 Å². The van der Waals surface area contributed by atoms with Gasteiger partial charge in [-0.3, -0.25) is 14.5 Å². The molecule has 2 heterocycles. The molecule has 0 bridgehead atoms. The van der Waals surface area contributed by atoms with Crippen LogP contribution in [0.4, 0.5) is 0 Å². The minimum atomic E-state index is -0.136. The fraction of sp³-hybridized carbons (Fsp3) is 0.647. The van der Waals surface area contributed by atoms with E-state index in [9.17, 15) is 9.59 Å². The molecule has 24 heavy (non-hydrogen) atoms. The first-order valence-electron chi connectivity index (χ1n) is 8.45. The highest BCUT2D eigenvalue weighted by molar-refractivity contribution is 5.76. The summed E-state index contributed by atoms with van der Waals surface area (Å²) in [7, 11) is 1.47. The van der Waals surface area contributed by atoms with E-state index in [2.05, 4.69) is 22.1 Å². The molecule has 1 saturated heterocycles. The Bertz CT molecular complexity index is 602. The third-order valence-corrected chi connectivity index (χ3v) is 4.41. The maximum Gasteiger partial charge on any atom is 0.223 e. The normalized spacial score (nSPS) is 21.0. The van der Waals surface area contributed by atoms with Crippen molar-refractivity contribution in [3.05, 3.63) is 28.2 Å². The number of hydrogen-bond donors (Lipinski definition) is 3. The van der Waals surface area contributed by atoms with Crippen molar-refractivity contribution in [2.24, 2.45) is 5.92 Å². The van der Waals surface area contributed by atoms with Gasteiger partial charge in [0, 0.05) is 50.1 Å². The number of nitrogens with one attached hydrogen (secondary N) is 2. The molecule has 7 heteroatoms. The topological polar surface area (TPSA) is 94.7 Å². The third kappa shape index (κ3) is 4.82. The number of pyridine rings is 1. The van der Waals surface area contributed by atoms with Crippen molar-refractivity contribution in [2.75, 3.05) is 26.8 Å². The molecule has 0 radical (unpaired) electrons. The lowest BCUT2D eigenvalue weighted by atomic mass is 9.98. The number of carbonyl (C=O) groups is 1. The summed E-state index contributed by atoms with van der Waals surface area (Å²) in [5, 5.41) is 11.9. The summed E-state index contributed by atoms with van der Waals surface area (Å²) < 4.78 is 4.98. The zero-order valence-corrected chi connectivity index (χ0v) is 14.4. The molecule has 0 aliphatic carbocycles. The summed E-state index contributed by atoms with van der Waals surface area (Å²) in [6, 6.07) is 1.65. The number of aliphatic hydroxyl groups excluding tert-OH is 1. The summed E-state index contributed by atoms with van der Waals surface area (Å²) in [6.07, 6.45) is 3.82. The van der Waals surface area contributed by atoms with Crippen LogP contribution in [0.25, 0.3) is 0 Å². The Morgan fingerprint density at radius 2 is 2.29 bits per heavy atom. The maximum absolute atomic E-state index is 11.8. The summed E-state index contributed by atoms with van der Waals surface area (Å²) in [5.74, 6) is 0.587. The molecular weight excluding hydrogens is 310 g/mol. The van der Waals surface area contributed by atoms with Gasteiger partial charge in [-0.1, -0.05) is 13.3 Å². The molecule has 0 saturated carbocycles. The highest BCUT2D eigenvalue weighted by atomic mass is 16.5. The fourth-order valence-corrected chi connectivity index (χ4v) is 3.29. The summed E-state index contributed by atoms with van der Waals surface area (Å²) in [6.45, 7) is 4.26. The first kappa shape index (κ1) is 18.5. The highest BCUT2D eigenvalue weighted by Crippen LogP contribution is 2.23. The van der Waals surface area contributed by atoms with Crippen LogP contribution in [-0.2, 0) is 11.3 Å². The van der Waals surface area contributed by atoms with Gasteiger partial charge in [0.15, 0.2) is 5.75 Å². The van der Waals surface area contributed by atoms with Crippen LogP contribution in [0.2, 0.25) is 0 Å². The molecule has 134 valence electrons. The number of H-pyrrole nitrogens is 1. The number of methoxy groups -OCH3 is 1. The number of aliphatic hydroxyl groups is 1. The van der Waals surface area contributed by atoms with E-state index in [1.807, 2.05) is 0 Å². The number of nitrogens with zero attached hydrogens (tertiary/aromatic N) is 1. The molecule has 7 nitrogen and oxygen atoms in total. The number of ether oxygens (including phenoxy) is 1. The Hall–Kier alpha value is -1.86. The van der Waals surface area contributed by atoms with Crippen LogP contribution in [0.3, 0.4) is 0 Å². The van der Waals surface area contributed by atoms with Gasteiger partial charge in [0.1, 0.15) is 0 Å². The zero-order valence-electron chi connectivity index (χ0n) is 14.4. The van der Waals surface area contributed by atoms with Crippen molar-refractivity contribution in [3.8, 4) is 5.75 Å². The summed E-state index contributed by atoms with van der Waals surface area (Å²) in [5.41, 5.74) is 0.696. The Balaban J connectivity index is 2.00. The predicted octanol–water partition coefficient (Wildman–Crippen LogP) is 0.483. The van der Waals surface area contributed by atoms with E-state index in [1.54, 1.807) is 12.3 Å². The van der Waals surface area contributed by atoms with Gasteiger partial charge in [-0.2, -0.15) is 0 Å². The SMILES string of the molecule is CCC[C@H]1CN(Cc2cc(=O)c(OC)c[nH]2)C[C@@H]1NC(=O)CCO. The summed E-state index contributed by atoms with van der Waals surface area (Å²) in [4.78, 5) is 29.0. The average Bonchev–Trinajstić information content (AvgIpc) is 2.89. The van der Waals surface area contributed by atoms with Gasteiger partial charge in [-0.15, -0.1) is 0 Å². The van der Waals surface area contributed by atoms with Crippen LogP contribution >= 0.6 is 0 Å². The Morgan fingerprint density at radius 1 is 1.50 bits per heavy atom. The molecule has 1 aliphatic heterocycles. The number of hydrogen-bond acceptors (Lipinski definition) is 5. The minimum absolute atomic E-state index is 0.0916.